The van der Waals surface area contributed by atoms with Gasteiger partial charge in [-0.05, 0) is 36.4 Å². The summed E-state index contributed by atoms with van der Waals surface area (Å²) in [7, 11) is 0. The molecule has 2 heterocycles. The number of imidazole rings is 1. The van der Waals surface area contributed by atoms with Gasteiger partial charge in [-0.15, -0.1) is 0 Å². The summed E-state index contributed by atoms with van der Waals surface area (Å²) in [5.41, 5.74) is 2.88. The molecule has 0 bridgehead atoms. The van der Waals surface area contributed by atoms with Crippen molar-refractivity contribution in [2.24, 2.45) is 0 Å². The van der Waals surface area contributed by atoms with Gasteiger partial charge in [0.05, 0.1) is 22.3 Å². The highest BCUT2D eigenvalue weighted by atomic mass is 19.1. The highest BCUT2D eigenvalue weighted by Crippen LogP contribution is 2.29. The van der Waals surface area contributed by atoms with Crippen molar-refractivity contribution in [2.45, 2.75) is 0 Å². The SMILES string of the molecule is O=C(Nc1ccc2nc(-c3c4cccccc-4[nH]c3=O)[nH]c2c1)Nc1cc(F)ccc1F. The largest absolute Gasteiger partial charge is 0.338 e. The number of anilines is 2. The number of carbonyl (C=O) groups is 1. The number of amides is 2. The molecule has 32 heavy (non-hydrogen) atoms. The van der Waals surface area contributed by atoms with E-state index in [-0.39, 0.29) is 11.2 Å². The van der Waals surface area contributed by atoms with Crippen LogP contribution >= 0.6 is 0 Å². The molecule has 158 valence electrons. The van der Waals surface area contributed by atoms with Crippen molar-refractivity contribution in [3.8, 4) is 22.6 Å². The highest BCUT2D eigenvalue weighted by molar-refractivity contribution is 6.01. The number of nitrogens with one attached hydrogen (secondary N) is 4. The average molecular weight is 431 g/mol. The van der Waals surface area contributed by atoms with E-state index in [0.717, 1.165) is 23.8 Å². The molecule has 7 nitrogen and oxygen atoms in total. The molecule has 9 heteroatoms. The molecular formula is C23H15F2N5O2. The van der Waals surface area contributed by atoms with E-state index in [1.807, 2.05) is 30.3 Å². The zero-order valence-corrected chi connectivity index (χ0v) is 16.4. The summed E-state index contributed by atoms with van der Waals surface area (Å²) < 4.78 is 27.0. The zero-order chi connectivity index (χ0) is 22.2. The van der Waals surface area contributed by atoms with Crippen LogP contribution in [0.25, 0.3) is 33.7 Å². The molecular weight excluding hydrogens is 416 g/mol. The molecule has 0 unspecified atom stereocenters. The van der Waals surface area contributed by atoms with Crippen molar-refractivity contribution in [1.82, 2.24) is 15.0 Å². The Kier molecular flexibility index (Phi) is 4.63. The second-order valence-electron chi connectivity index (χ2n) is 7.09. The fraction of sp³-hybridized carbons (Fsp3) is 0. The van der Waals surface area contributed by atoms with Crippen LogP contribution in [0, 0.1) is 11.6 Å². The van der Waals surface area contributed by atoms with Gasteiger partial charge in [-0.3, -0.25) is 4.79 Å². The lowest BCUT2D eigenvalue weighted by molar-refractivity contribution is 0.262. The minimum Gasteiger partial charge on any atom is -0.338 e. The third-order valence-electron chi connectivity index (χ3n) is 4.94. The predicted molar refractivity (Wildman–Crippen MR) is 118 cm³/mol. The van der Waals surface area contributed by atoms with Gasteiger partial charge in [0.25, 0.3) is 5.56 Å². The van der Waals surface area contributed by atoms with Gasteiger partial charge >= 0.3 is 6.03 Å². The van der Waals surface area contributed by atoms with Crippen molar-refractivity contribution in [1.29, 1.82) is 0 Å². The van der Waals surface area contributed by atoms with Gasteiger partial charge in [-0.1, -0.05) is 24.3 Å². The number of aromatic nitrogens is 3. The number of H-pyrrole nitrogens is 2. The number of hydrogen-bond donors (Lipinski definition) is 4. The Hall–Kier alpha value is -4.53. The van der Waals surface area contributed by atoms with Crippen LogP contribution in [0.3, 0.4) is 0 Å². The Labute approximate surface area is 179 Å². The summed E-state index contributed by atoms with van der Waals surface area (Å²) in [6.45, 7) is 0. The van der Waals surface area contributed by atoms with E-state index in [2.05, 4.69) is 25.6 Å². The van der Waals surface area contributed by atoms with Crippen LogP contribution in [0.1, 0.15) is 0 Å². The fourth-order valence-corrected chi connectivity index (χ4v) is 3.50. The van der Waals surface area contributed by atoms with E-state index in [9.17, 15) is 18.4 Å². The van der Waals surface area contributed by atoms with Gasteiger partial charge in [0.1, 0.15) is 17.5 Å². The summed E-state index contributed by atoms with van der Waals surface area (Å²) >= 11 is 0. The second-order valence-corrected chi connectivity index (χ2v) is 7.09. The first-order valence-corrected chi connectivity index (χ1v) is 9.62. The first-order chi connectivity index (χ1) is 15.5. The quantitative estimate of drug-likeness (QED) is 0.325. The molecule has 0 saturated carbocycles. The molecule has 2 amide bonds. The van der Waals surface area contributed by atoms with Crippen molar-refractivity contribution in [3.05, 3.63) is 88.7 Å². The van der Waals surface area contributed by atoms with Gasteiger partial charge in [-0.25, -0.2) is 18.6 Å². The van der Waals surface area contributed by atoms with Gasteiger partial charge in [0, 0.05) is 23.0 Å². The highest BCUT2D eigenvalue weighted by Gasteiger charge is 2.19. The van der Waals surface area contributed by atoms with E-state index in [1.54, 1.807) is 18.2 Å². The Bertz CT molecular complexity index is 1510. The fourth-order valence-electron chi connectivity index (χ4n) is 3.50. The van der Waals surface area contributed by atoms with E-state index in [0.29, 0.717) is 33.8 Å². The number of urea groups is 1. The average Bonchev–Trinajstić information content (AvgIpc) is 3.21. The molecule has 0 atom stereocenters. The van der Waals surface area contributed by atoms with Crippen molar-refractivity contribution in [2.75, 3.05) is 10.6 Å². The van der Waals surface area contributed by atoms with Crippen LogP contribution in [-0.2, 0) is 0 Å². The number of nitrogens with zero attached hydrogens (tertiary/aromatic N) is 1. The first-order valence-electron chi connectivity index (χ1n) is 9.62. The molecule has 1 aliphatic carbocycles. The molecule has 0 saturated heterocycles. The lowest BCUT2D eigenvalue weighted by Gasteiger charge is -2.08. The van der Waals surface area contributed by atoms with Crippen molar-refractivity contribution < 1.29 is 13.6 Å². The van der Waals surface area contributed by atoms with Crippen LogP contribution < -0.4 is 16.2 Å². The number of fused-ring (bicyclic) bond motifs is 2. The van der Waals surface area contributed by atoms with E-state index in [4.69, 9.17) is 0 Å². The summed E-state index contributed by atoms with van der Waals surface area (Å²) in [6, 6.07) is 16.1. The molecule has 3 aromatic rings. The molecule has 0 radical (unpaired) electrons. The zero-order valence-electron chi connectivity index (χ0n) is 16.4. The first kappa shape index (κ1) is 19.4. The number of carbonyl (C=O) groups excluding carboxylic acids is 1. The number of benzene rings is 2. The summed E-state index contributed by atoms with van der Waals surface area (Å²) in [5.74, 6) is -1.03. The van der Waals surface area contributed by atoms with Crippen LogP contribution in [0.15, 0.2) is 71.5 Å². The maximum absolute atomic E-state index is 13.7. The second kappa shape index (κ2) is 7.62. The van der Waals surface area contributed by atoms with Crippen LogP contribution in [0.4, 0.5) is 25.0 Å². The molecule has 0 spiro atoms. The Morgan fingerprint density at radius 1 is 0.906 bits per heavy atom. The Morgan fingerprint density at radius 2 is 1.75 bits per heavy atom. The van der Waals surface area contributed by atoms with Crippen molar-refractivity contribution >= 4 is 28.4 Å². The molecule has 2 aromatic carbocycles. The molecule has 4 N–H and O–H groups in total. The van der Waals surface area contributed by atoms with E-state index in [1.165, 1.54) is 0 Å². The van der Waals surface area contributed by atoms with Crippen LogP contribution in [-0.4, -0.2) is 21.0 Å². The molecule has 1 aliphatic heterocycles. The third kappa shape index (κ3) is 3.56. The van der Waals surface area contributed by atoms with Crippen molar-refractivity contribution in [3.63, 3.8) is 0 Å². The van der Waals surface area contributed by atoms with Crippen LogP contribution in [0.2, 0.25) is 0 Å². The summed E-state index contributed by atoms with van der Waals surface area (Å²) in [4.78, 5) is 35.2. The summed E-state index contributed by atoms with van der Waals surface area (Å²) in [6.07, 6.45) is 0. The number of rotatable bonds is 3. The Morgan fingerprint density at radius 3 is 2.62 bits per heavy atom. The Balaban J connectivity index is 1.43. The minimum absolute atomic E-state index is 0.264. The number of halogens is 2. The van der Waals surface area contributed by atoms with E-state index >= 15 is 0 Å². The van der Waals surface area contributed by atoms with E-state index < -0.39 is 17.7 Å². The molecule has 0 fully saturated rings. The van der Waals surface area contributed by atoms with Gasteiger partial charge in [0.2, 0.25) is 0 Å². The normalized spacial score (nSPS) is 11.1. The third-order valence-corrected chi connectivity index (χ3v) is 4.94. The molecule has 2 aliphatic rings. The van der Waals surface area contributed by atoms with Gasteiger partial charge in [-0.2, -0.15) is 0 Å². The maximum atomic E-state index is 13.7. The monoisotopic (exact) mass is 431 g/mol. The smallest absolute Gasteiger partial charge is 0.323 e. The molecule has 1 aromatic heterocycles. The standard InChI is InChI=1S/C23H15F2N5O2/c24-12-6-8-15(25)18(10-12)30-23(32)26-13-7-9-17-19(11-13)28-21(27-17)20-14-4-2-1-3-5-16(14)29-22(20)31/h1-11H,(H,27,28)(H,29,31)(H2,26,30,32). The number of hydrogen-bond acceptors (Lipinski definition) is 3. The predicted octanol–water partition coefficient (Wildman–Crippen LogP) is 4.95. The minimum atomic E-state index is -0.754. The number of aromatic amines is 2. The van der Waals surface area contributed by atoms with Gasteiger partial charge < -0.3 is 20.6 Å². The lowest BCUT2D eigenvalue weighted by Crippen LogP contribution is -2.20. The van der Waals surface area contributed by atoms with Gasteiger partial charge in [0.15, 0.2) is 0 Å². The molecule has 5 rings (SSSR count). The maximum Gasteiger partial charge on any atom is 0.323 e. The lowest BCUT2D eigenvalue weighted by atomic mass is 10.1. The van der Waals surface area contributed by atoms with Crippen LogP contribution in [0.5, 0.6) is 0 Å². The topological polar surface area (TPSA) is 103 Å². The summed E-state index contributed by atoms with van der Waals surface area (Å²) in [5, 5.41) is 4.83.